The van der Waals surface area contributed by atoms with E-state index in [2.05, 4.69) is 16.0 Å². The minimum atomic E-state index is -1.14. The normalized spacial score (nSPS) is 12.4. The molecule has 14 heteroatoms. The molecule has 1 aromatic heterocycles. The second-order valence-corrected chi connectivity index (χ2v) is 8.63. The quantitative estimate of drug-likeness (QED) is 0.112. The van der Waals surface area contributed by atoms with E-state index in [1.165, 1.54) is 19.9 Å². The molecule has 1 aromatic rings. The molecule has 0 aromatic carbocycles. The number of nitrogens with zero attached hydrogens (tertiary/aromatic N) is 1. The molecule has 190 valence electrons. The average Bonchev–Trinajstić information content (AvgIpc) is 3.00. The zero-order valence-electron chi connectivity index (χ0n) is 19.1. The molecule has 0 saturated heterocycles. The third kappa shape index (κ3) is 10.0. The molecule has 0 saturated carbocycles. The average molecular weight is 501 g/mol. The molecule has 2 atom stereocenters. The molecular weight excluding hydrogens is 468 g/mol. The molecule has 0 radical (unpaired) electrons. The van der Waals surface area contributed by atoms with Gasteiger partial charge < -0.3 is 37.6 Å². The molecule has 2 unspecified atom stereocenters. The Labute approximate surface area is 201 Å². The summed E-state index contributed by atoms with van der Waals surface area (Å²) >= 11 is 0.957. The van der Waals surface area contributed by atoms with Crippen molar-refractivity contribution in [3.05, 3.63) is 6.07 Å². The first kappa shape index (κ1) is 28.6. The molecule has 0 aliphatic carbocycles. The third-order valence-corrected chi connectivity index (χ3v) is 5.76. The zero-order valence-corrected chi connectivity index (χ0v) is 19.9. The van der Waals surface area contributed by atoms with Crippen LogP contribution in [0.25, 0.3) is 0 Å². The van der Waals surface area contributed by atoms with Crippen molar-refractivity contribution < 1.29 is 34.2 Å². The smallest absolute Gasteiger partial charge is 0.243 e. The topological polar surface area (TPSA) is 219 Å². The van der Waals surface area contributed by atoms with Crippen LogP contribution in [0.1, 0.15) is 39.5 Å². The minimum Gasteiger partial charge on any atom is -0.494 e. The van der Waals surface area contributed by atoms with Gasteiger partial charge in [0.25, 0.3) is 0 Å². The van der Waals surface area contributed by atoms with E-state index in [9.17, 15) is 34.2 Å². The number of rotatable bonds is 15. The third-order valence-electron chi connectivity index (χ3n) is 4.65. The number of amides is 5. The molecule has 5 amide bonds. The van der Waals surface area contributed by atoms with Gasteiger partial charge in [-0.3, -0.25) is 28.5 Å². The molecule has 34 heavy (non-hydrogen) atoms. The first-order valence-electron chi connectivity index (χ1n) is 10.6. The highest BCUT2D eigenvalue weighted by Crippen LogP contribution is 2.35. The molecular formula is C20H32N6O7S. The number of thioether (sulfide) groups is 1. The Bertz CT molecular complexity index is 904. The summed E-state index contributed by atoms with van der Waals surface area (Å²) in [6.07, 6.45) is 1.30. The number of nitrogens with one attached hydrogen (secondary N) is 3. The van der Waals surface area contributed by atoms with Gasteiger partial charge >= 0.3 is 0 Å². The summed E-state index contributed by atoms with van der Waals surface area (Å²) in [7, 11) is 0. The Kier molecular flexibility index (Phi) is 11.8. The predicted octanol–water partition coefficient (Wildman–Crippen LogP) is -1.35. The fraction of sp³-hybridized carbons (Fsp3) is 0.550. The summed E-state index contributed by atoms with van der Waals surface area (Å²) in [6.45, 7) is 3.05. The second-order valence-electron chi connectivity index (χ2n) is 7.56. The highest BCUT2D eigenvalue weighted by Gasteiger charge is 2.26. The number of hydrogen-bond donors (Lipinski definition) is 7. The molecule has 0 spiro atoms. The zero-order chi connectivity index (χ0) is 25.8. The lowest BCUT2D eigenvalue weighted by molar-refractivity contribution is -0.130. The summed E-state index contributed by atoms with van der Waals surface area (Å²) < 4.78 is 1.08. The fourth-order valence-corrected chi connectivity index (χ4v) is 3.96. The van der Waals surface area contributed by atoms with Gasteiger partial charge in [-0.2, -0.15) is 0 Å². The van der Waals surface area contributed by atoms with Crippen molar-refractivity contribution in [1.29, 1.82) is 0 Å². The van der Waals surface area contributed by atoms with Gasteiger partial charge in [0.2, 0.25) is 35.4 Å². The Morgan fingerprint density at radius 3 is 2.26 bits per heavy atom. The first-order chi connectivity index (χ1) is 15.9. The van der Waals surface area contributed by atoms with E-state index >= 15 is 0 Å². The highest BCUT2D eigenvalue weighted by molar-refractivity contribution is 7.99. The molecule has 1 rings (SSSR count). The lowest BCUT2D eigenvalue weighted by Crippen LogP contribution is -2.53. The standard InChI is InChI=1S/C20H32N6O7S/c1-11(27)23-7-4-3-5-13(24-12(2)28)19(32)25-14(18(22)31)10-34-15-9-17(30)26(20(15)33)8-6-16(21)29/h9,13-14,30,33H,3-8,10H2,1-2H3,(H2,21,29)(H2,22,31)(H,23,27)(H,24,28)(H,25,32). The van der Waals surface area contributed by atoms with Crippen LogP contribution in [-0.4, -0.2) is 68.7 Å². The van der Waals surface area contributed by atoms with Crippen molar-refractivity contribution in [2.75, 3.05) is 12.3 Å². The van der Waals surface area contributed by atoms with Crippen LogP contribution in [0, 0.1) is 0 Å². The Balaban J connectivity index is 2.76. The van der Waals surface area contributed by atoms with Gasteiger partial charge in [-0.25, -0.2) is 0 Å². The maximum Gasteiger partial charge on any atom is 0.243 e. The van der Waals surface area contributed by atoms with Gasteiger partial charge in [0.05, 0.1) is 4.90 Å². The lowest BCUT2D eigenvalue weighted by atomic mass is 10.1. The van der Waals surface area contributed by atoms with Crippen molar-refractivity contribution in [1.82, 2.24) is 20.5 Å². The van der Waals surface area contributed by atoms with Crippen LogP contribution < -0.4 is 27.4 Å². The van der Waals surface area contributed by atoms with E-state index in [0.29, 0.717) is 19.4 Å². The van der Waals surface area contributed by atoms with Crippen LogP contribution in [0.4, 0.5) is 0 Å². The largest absolute Gasteiger partial charge is 0.494 e. The second kappa shape index (κ2) is 14.0. The van der Waals surface area contributed by atoms with Crippen LogP contribution in [-0.2, 0) is 30.5 Å². The van der Waals surface area contributed by atoms with Crippen LogP contribution in [0.3, 0.4) is 0 Å². The molecule has 0 fully saturated rings. The van der Waals surface area contributed by atoms with Gasteiger partial charge in [-0.05, 0) is 19.3 Å². The van der Waals surface area contributed by atoms with E-state index in [-0.39, 0.29) is 47.7 Å². The number of nitrogens with two attached hydrogens (primary N) is 2. The summed E-state index contributed by atoms with van der Waals surface area (Å²) in [5.74, 6) is -3.33. The van der Waals surface area contributed by atoms with E-state index in [1.807, 2.05) is 0 Å². The monoisotopic (exact) mass is 500 g/mol. The fourth-order valence-electron chi connectivity index (χ4n) is 2.94. The maximum absolute atomic E-state index is 12.7. The number of unbranched alkanes of at least 4 members (excludes halogenated alkanes) is 1. The summed E-state index contributed by atoms with van der Waals surface area (Å²) in [5.41, 5.74) is 10.5. The van der Waals surface area contributed by atoms with E-state index in [1.54, 1.807) is 0 Å². The highest BCUT2D eigenvalue weighted by atomic mass is 32.2. The van der Waals surface area contributed by atoms with Gasteiger partial charge in [-0.1, -0.05) is 0 Å². The van der Waals surface area contributed by atoms with E-state index in [4.69, 9.17) is 11.5 Å². The predicted molar refractivity (Wildman–Crippen MR) is 124 cm³/mol. The number of primary amides is 2. The molecule has 1 heterocycles. The molecule has 0 aliphatic rings. The number of hydrogen-bond acceptors (Lipinski definition) is 8. The van der Waals surface area contributed by atoms with Gasteiger partial charge in [-0.15, -0.1) is 11.8 Å². The molecule has 0 bridgehead atoms. The van der Waals surface area contributed by atoms with Crippen molar-refractivity contribution in [3.63, 3.8) is 0 Å². The molecule has 9 N–H and O–H groups in total. The van der Waals surface area contributed by atoms with E-state index < -0.39 is 35.7 Å². The Morgan fingerprint density at radius 2 is 1.71 bits per heavy atom. The SMILES string of the molecule is CC(=O)NCCCCC(NC(C)=O)C(=O)NC(CSc1cc(O)n(CCC(N)=O)c1O)C(N)=O. The minimum absolute atomic E-state index is 0.0378. The van der Waals surface area contributed by atoms with Crippen molar-refractivity contribution in [2.45, 2.75) is 63.1 Å². The lowest BCUT2D eigenvalue weighted by Gasteiger charge is -2.21. The molecule has 0 aliphatic heterocycles. The van der Waals surface area contributed by atoms with Crippen LogP contribution in [0.15, 0.2) is 11.0 Å². The molecule has 13 nitrogen and oxygen atoms in total. The van der Waals surface area contributed by atoms with Crippen LogP contribution in [0.5, 0.6) is 11.8 Å². The Hall–Kier alpha value is -3.42. The van der Waals surface area contributed by atoms with Gasteiger partial charge in [0.15, 0.2) is 5.88 Å². The summed E-state index contributed by atoms with van der Waals surface area (Å²) in [6, 6.07) is -0.798. The first-order valence-corrected chi connectivity index (χ1v) is 11.5. The van der Waals surface area contributed by atoms with Gasteiger partial charge in [0, 0.05) is 45.2 Å². The number of carbonyl (C=O) groups excluding carboxylic acids is 5. The van der Waals surface area contributed by atoms with Crippen molar-refractivity contribution in [2.24, 2.45) is 11.5 Å². The number of aromatic nitrogens is 1. The maximum atomic E-state index is 12.7. The number of carbonyl (C=O) groups is 5. The Morgan fingerprint density at radius 1 is 1.03 bits per heavy atom. The summed E-state index contributed by atoms with van der Waals surface area (Å²) in [5, 5.41) is 27.9. The van der Waals surface area contributed by atoms with Crippen LogP contribution in [0.2, 0.25) is 0 Å². The number of aromatic hydroxyl groups is 2. The van der Waals surface area contributed by atoms with Crippen molar-refractivity contribution in [3.8, 4) is 11.8 Å². The van der Waals surface area contributed by atoms with Gasteiger partial charge in [0.1, 0.15) is 12.1 Å². The van der Waals surface area contributed by atoms with E-state index in [0.717, 1.165) is 16.3 Å². The van der Waals surface area contributed by atoms with Crippen molar-refractivity contribution >= 4 is 41.3 Å². The van der Waals surface area contributed by atoms with Crippen LogP contribution >= 0.6 is 11.8 Å². The summed E-state index contributed by atoms with van der Waals surface area (Å²) in [4.78, 5) is 58.2.